The van der Waals surface area contributed by atoms with Crippen molar-refractivity contribution < 1.29 is 9.13 Å². The largest absolute Gasteiger partial charge is 0.377 e. The lowest BCUT2D eigenvalue weighted by Crippen LogP contribution is -2.01. The van der Waals surface area contributed by atoms with Gasteiger partial charge in [0.05, 0.1) is 18.2 Å². The van der Waals surface area contributed by atoms with Crippen molar-refractivity contribution in [2.45, 2.75) is 32.8 Å². The molecule has 0 atom stereocenters. The monoisotopic (exact) mass is 327 g/mol. The minimum atomic E-state index is -0.239. The number of benzene rings is 1. The van der Waals surface area contributed by atoms with E-state index in [0.717, 1.165) is 22.7 Å². The number of halogens is 2. The Kier molecular flexibility index (Phi) is 6.15. The molecule has 0 aliphatic heterocycles. The fourth-order valence-corrected chi connectivity index (χ4v) is 2.87. The first-order chi connectivity index (χ1) is 10.1. The molecule has 114 valence electrons. The maximum absolute atomic E-state index is 13.8. The zero-order valence-electron chi connectivity index (χ0n) is 12.2. The summed E-state index contributed by atoms with van der Waals surface area (Å²) < 4.78 is 19.4. The summed E-state index contributed by atoms with van der Waals surface area (Å²) in [5.41, 5.74) is 2.31. The molecule has 1 aromatic carbocycles. The van der Waals surface area contributed by atoms with Crippen LogP contribution in [0.3, 0.4) is 0 Å². The summed E-state index contributed by atoms with van der Waals surface area (Å²) in [6.45, 7) is 5.22. The van der Waals surface area contributed by atoms with E-state index in [1.807, 2.05) is 11.4 Å². The Balaban J connectivity index is 2.06. The molecule has 2 nitrogen and oxygen atoms in total. The highest BCUT2D eigenvalue weighted by Gasteiger charge is 2.09. The Morgan fingerprint density at radius 1 is 1.38 bits per heavy atom. The molecule has 21 heavy (non-hydrogen) atoms. The summed E-state index contributed by atoms with van der Waals surface area (Å²) in [5.74, 6) is 0.742. The predicted molar refractivity (Wildman–Crippen MR) is 86.2 cm³/mol. The maximum Gasteiger partial charge on any atom is 0.128 e. The van der Waals surface area contributed by atoms with Crippen molar-refractivity contribution in [2.24, 2.45) is 5.92 Å². The van der Waals surface area contributed by atoms with Crippen LogP contribution in [0.4, 0.5) is 4.39 Å². The molecule has 0 aliphatic rings. The van der Waals surface area contributed by atoms with E-state index in [9.17, 15) is 4.39 Å². The Hall–Kier alpha value is -0.970. The van der Waals surface area contributed by atoms with Gasteiger partial charge in [-0.1, -0.05) is 13.8 Å². The van der Waals surface area contributed by atoms with Crippen LogP contribution in [0.1, 0.15) is 31.5 Å². The van der Waals surface area contributed by atoms with Crippen LogP contribution < -0.4 is 0 Å². The van der Waals surface area contributed by atoms with Gasteiger partial charge < -0.3 is 4.74 Å². The predicted octanol–water partition coefficient (Wildman–Crippen LogP) is 5.25. The van der Waals surface area contributed by atoms with E-state index >= 15 is 0 Å². The molecule has 0 spiro atoms. The maximum atomic E-state index is 13.8. The summed E-state index contributed by atoms with van der Waals surface area (Å²) in [7, 11) is 0. The molecule has 1 heterocycles. The first-order valence-electron chi connectivity index (χ1n) is 6.97. The molecule has 1 aromatic heterocycles. The van der Waals surface area contributed by atoms with E-state index in [-0.39, 0.29) is 5.82 Å². The molecule has 0 aliphatic carbocycles. The molecule has 2 aromatic rings. The first kappa shape index (κ1) is 16.4. The molecular formula is C16H19ClFNOS. The standard InChI is InChI=1S/C16H19ClFNOS/c1-11(2)5-6-20-9-13-7-12(3-4-15(13)18)16-19-14(8-17)10-21-16/h3-4,7,10-11H,5-6,8-9H2,1-2H3. The fourth-order valence-electron chi connectivity index (χ4n) is 1.82. The minimum absolute atomic E-state index is 0.239. The third-order valence-corrected chi connectivity index (χ3v) is 4.29. The Bertz CT molecular complexity index is 585. The van der Waals surface area contributed by atoms with Crippen LogP contribution in [0.2, 0.25) is 0 Å². The smallest absolute Gasteiger partial charge is 0.128 e. The number of ether oxygens (including phenoxy) is 1. The van der Waals surface area contributed by atoms with Gasteiger partial charge in [-0.05, 0) is 30.5 Å². The molecule has 0 saturated heterocycles. The van der Waals surface area contributed by atoms with Crippen molar-refractivity contribution in [3.05, 3.63) is 40.7 Å². The number of aromatic nitrogens is 1. The van der Waals surface area contributed by atoms with Crippen LogP contribution in [-0.4, -0.2) is 11.6 Å². The van der Waals surface area contributed by atoms with Gasteiger partial charge in [0.25, 0.3) is 0 Å². The van der Waals surface area contributed by atoms with Crippen LogP contribution >= 0.6 is 22.9 Å². The van der Waals surface area contributed by atoms with E-state index < -0.39 is 0 Å². The van der Waals surface area contributed by atoms with Gasteiger partial charge in [-0.15, -0.1) is 22.9 Å². The van der Waals surface area contributed by atoms with Gasteiger partial charge in [0.15, 0.2) is 0 Å². The van der Waals surface area contributed by atoms with Crippen LogP contribution in [0.5, 0.6) is 0 Å². The van der Waals surface area contributed by atoms with Gasteiger partial charge >= 0.3 is 0 Å². The number of nitrogens with zero attached hydrogens (tertiary/aromatic N) is 1. The van der Waals surface area contributed by atoms with Gasteiger partial charge in [-0.2, -0.15) is 0 Å². The van der Waals surface area contributed by atoms with Gasteiger partial charge in [0.1, 0.15) is 10.8 Å². The minimum Gasteiger partial charge on any atom is -0.377 e. The van der Waals surface area contributed by atoms with Crippen molar-refractivity contribution in [1.29, 1.82) is 0 Å². The molecule has 0 radical (unpaired) electrons. The van der Waals surface area contributed by atoms with Crippen LogP contribution in [-0.2, 0) is 17.2 Å². The SMILES string of the molecule is CC(C)CCOCc1cc(-c2nc(CCl)cs2)ccc1F. The summed E-state index contributed by atoms with van der Waals surface area (Å²) in [5, 5.41) is 2.78. The molecule has 0 unspecified atom stereocenters. The zero-order valence-corrected chi connectivity index (χ0v) is 13.8. The van der Waals surface area contributed by atoms with E-state index in [4.69, 9.17) is 16.3 Å². The third-order valence-electron chi connectivity index (χ3n) is 3.08. The second kappa shape index (κ2) is 7.87. The Labute approximate surface area is 133 Å². The Morgan fingerprint density at radius 3 is 2.86 bits per heavy atom. The molecule has 0 N–H and O–H groups in total. The molecule has 0 amide bonds. The van der Waals surface area contributed by atoms with Gasteiger partial charge in [0, 0.05) is 23.1 Å². The van der Waals surface area contributed by atoms with E-state index in [0.29, 0.717) is 30.6 Å². The second-order valence-electron chi connectivity index (χ2n) is 5.32. The summed E-state index contributed by atoms with van der Waals surface area (Å²) >= 11 is 7.27. The molecule has 2 rings (SSSR count). The fraction of sp³-hybridized carbons (Fsp3) is 0.438. The van der Waals surface area contributed by atoms with Gasteiger partial charge in [-0.25, -0.2) is 9.37 Å². The summed E-state index contributed by atoms with van der Waals surface area (Å²) in [6.07, 6.45) is 0.979. The van der Waals surface area contributed by atoms with Crippen molar-refractivity contribution in [3.8, 4) is 10.6 Å². The first-order valence-corrected chi connectivity index (χ1v) is 8.38. The highest BCUT2D eigenvalue weighted by molar-refractivity contribution is 7.13. The van der Waals surface area contributed by atoms with Crippen LogP contribution in [0.15, 0.2) is 23.6 Å². The van der Waals surface area contributed by atoms with E-state index in [1.165, 1.54) is 17.4 Å². The normalized spacial score (nSPS) is 11.3. The quantitative estimate of drug-likeness (QED) is 0.512. The highest BCUT2D eigenvalue weighted by Crippen LogP contribution is 2.26. The van der Waals surface area contributed by atoms with Crippen molar-refractivity contribution >= 4 is 22.9 Å². The zero-order chi connectivity index (χ0) is 15.2. The van der Waals surface area contributed by atoms with Crippen LogP contribution in [0, 0.1) is 11.7 Å². The molecule has 0 bridgehead atoms. The summed E-state index contributed by atoms with van der Waals surface area (Å²) in [6, 6.07) is 5.02. The highest BCUT2D eigenvalue weighted by atomic mass is 35.5. The molecule has 0 fully saturated rings. The number of thiazole rings is 1. The number of hydrogen-bond acceptors (Lipinski definition) is 3. The lowest BCUT2D eigenvalue weighted by Gasteiger charge is -2.08. The van der Waals surface area contributed by atoms with Crippen LogP contribution in [0.25, 0.3) is 10.6 Å². The van der Waals surface area contributed by atoms with E-state index in [1.54, 1.807) is 6.07 Å². The van der Waals surface area contributed by atoms with E-state index in [2.05, 4.69) is 18.8 Å². The second-order valence-corrected chi connectivity index (χ2v) is 6.44. The third kappa shape index (κ3) is 4.77. The lowest BCUT2D eigenvalue weighted by molar-refractivity contribution is 0.108. The van der Waals surface area contributed by atoms with Crippen molar-refractivity contribution in [2.75, 3.05) is 6.61 Å². The van der Waals surface area contributed by atoms with Gasteiger partial charge in [0.2, 0.25) is 0 Å². The topological polar surface area (TPSA) is 22.1 Å². The number of rotatable bonds is 7. The average molecular weight is 328 g/mol. The molecule has 5 heteroatoms. The summed E-state index contributed by atoms with van der Waals surface area (Å²) in [4.78, 5) is 4.41. The molecular weight excluding hydrogens is 309 g/mol. The molecule has 0 saturated carbocycles. The van der Waals surface area contributed by atoms with Crippen molar-refractivity contribution in [1.82, 2.24) is 4.98 Å². The average Bonchev–Trinajstić information content (AvgIpc) is 2.94. The number of alkyl halides is 1. The lowest BCUT2D eigenvalue weighted by atomic mass is 10.1. The Morgan fingerprint density at radius 2 is 2.19 bits per heavy atom. The number of hydrogen-bond donors (Lipinski definition) is 0. The van der Waals surface area contributed by atoms with Gasteiger partial charge in [-0.3, -0.25) is 0 Å². The van der Waals surface area contributed by atoms with Crippen molar-refractivity contribution in [3.63, 3.8) is 0 Å².